The quantitative estimate of drug-likeness (QED) is 0.246. The second-order valence-electron chi connectivity index (χ2n) is 6.86. The molecule has 13 heteroatoms. The molecule has 33 heavy (non-hydrogen) atoms. The summed E-state index contributed by atoms with van der Waals surface area (Å²) in [6.45, 7) is 1.27. The number of imide groups is 1. The Morgan fingerprint density at radius 3 is 2.52 bits per heavy atom. The highest BCUT2D eigenvalue weighted by Gasteiger charge is 2.35. The topological polar surface area (TPSA) is 185 Å². The molecule has 170 valence electrons. The number of urea groups is 1. The minimum atomic E-state index is -1.02. The van der Waals surface area contributed by atoms with E-state index in [0.29, 0.717) is 23.1 Å². The molecule has 1 heterocycles. The van der Waals surface area contributed by atoms with Gasteiger partial charge in [0, 0.05) is 17.3 Å². The zero-order chi connectivity index (χ0) is 24.3. The number of phenolic OH excluding ortho intramolecular Hbond substituents is 1. The molecule has 0 spiro atoms. The van der Waals surface area contributed by atoms with Gasteiger partial charge in [0.15, 0.2) is 0 Å². The van der Waals surface area contributed by atoms with Crippen molar-refractivity contribution in [1.29, 1.82) is 0 Å². The number of aryl methyl sites for hydroxylation is 1. The van der Waals surface area contributed by atoms with Gasteiger partial charge in [-0.3, -0.25) is 29.8 Å². The maximum Gasteiger partial charge on any atom is 0.329 e. The van der Waals surface area contributed by atoms with Crippen LogP contribution < -0.4 is 10.6 Å². The Balaban J connectivity index is 1.85. The van der Waals surface area contributed by atoms with Gasteiger partial charge in [-0.1, -0.05) is 25.1 Å². The second-order valence-corrected chi connectivity index (χ2v) is 6.86. The number of nitrogens with one attached hydrogen (secondary N) is 2. The van der Waals surface area contributed by atoms with Gasteiger partial charge in [0.05, 0.1) is 15.9 Å². The molecule has 1 fully saturated rings. The Hall–Kier alpha value is -4.81. The Morgan fingerprint density at radius 2 is 1.88 bits per heavy atom. The van der Waals surface area contributed by atoms with Gasteiger partial charge in [-0.05, 0) is 24.1 Å². The van der Waals surface area contributed by atoms with Crippen LogP contribution in [0.2, 0.25) is 0 Å². The van der Waals surface area contributed by atoms with Crippen molar-refractivity contribution in [1.82, 2.24) is 10.2 Å². The highest BCUT2D eigenvalue weighted by Crippen LogP contribution is 2.35. The molecule has 2 aromatic rings. The summed E-state index contributed by atoms with van der Waals surface area (Å²) in [6.07, 6.45) is 1.51. The number of non-ortho nitro benzene ring substituents is 1. The number of carbonyl (C=O) groups is 3. The number of carbonyl (C=O) groups excluding carboxylic acids is 3. The number of nitro groups is 2. The summed E-state index contributed by atoms with van der Waals surface area (Å²) in [5.41, 5.74) is -1.12. The molecule has 3 rings (SSSR count). The van der Waals surface area contributed by atoms with Crippen molar-refractivity contribution in [2.24, 2.45) is 0 Å². The van der Waals surface area contributed by atoms with Crippen molar-refractivity contribution in [2.45, 2.75) is 13.3 Å². The number of nitrogens with zero attached hydrogens (tertiary/aromatic N) is 3. The highest BCUT2D eigenvalue weighted by atomic mass is 16.6. The molecule has 0 saturated carbocycles. The Bertz CT molecular complexity index is 1220. The van der Waals surface area contributed by atoms with E-state index in [0.717, 1.165) is 17.7 Å². The van der Waals surface area contributed by atoms with Gasteiger partial charge in [-0.2, -0.15) is 0 Å². The number of benzene rings is 2. The summed E-state index contributed by atoms with van der Waals surface area (Å²) in [7, 11) is 0. The fourth-order valence-electron chi connectivity index (χ4n) is 3.13. The Kier molecular flexibility index (Phi) is 6.33. The molecule has 0 radical (unpaired) electrons. The van der Waals surface area contributed by atoms with Crippen LogP contribution in [-0.2, 0) is 16.0 Å². The first-order valence-corrected chi connectivity index (χ1v) is 9.50. The van der Waals surface area contributed by atoms with Crippen LogP contribution in [0.3, 0.4) is 0 Å². The third-order valence-electron chi connectivity index (χ3n) is 4.75. The molecule has 2 aromatic carbocycles. The van der Waals surface area contributed by atoms with E-state index in [2.05, 4.69) is 10.6 Å². The summed E-state index contributed by atoms with van der Waals surface area (Å²) in [5, 5.41) is 37.0. The molecule has 13 nitrogen and oxygen atoms in total. The first-order chi connectivity index (χ1) is 15.6. The van der Waals surface area contributed by atoms with Crippen LogP contribution in [0, 0.1) is 20.2 Å². The molecular weight excluding hydrogens is 438 g/mol. The summed E-state index contributed by atoms with van der Waals surface area (Å²) >= 11 is 0. The normalized spacial score (nSPS) is 14.3. The van der Waals surface area contributed by atoms with E-state index in [1.165, 1.54) is 0 Å². The molecule has 0 atom stereocenters. The van der Waals surface area contributed by atoms with Crippen molar-refractivity contribution >= 4 is 41.0 Å². The largest absolute Gasteiger partial charge is 0.502 e. The first-order valence-electron chi connectivity index (χ1n) is 9.50. The van der Waals surface area contributed by atoms with Crippen molar-refractivity contribution in [2.75, 3.05) is 11.9 Å². The third-order valence-corrected chi connectivity index (χ3v) is 4.75. The molecule has 1 saturated heterocycles. The van der Waals surface area contributed by atoms with Gasteiger partial charge in [0.1, 0.15) is 12.2 Å². The molecule has 0 unspecified atom stereocenters. The summed E-state index contributed by atoms with van der Waals surface area (Å²) in [4.78, 5) is 58.0. The second kappa shape index (κ2) is 9.13. The van der Waals surface area contributed by atoms with Crippen molar-refractivity contribution in [3.05, 3.63) is 73.5 Å². The zero-order valence-corrected chi connectivity index (χ0v) is 17.1. The number of hydrogen-bond acceptors (Lipinski definition) is 8. The average Bonchev–Trinajstić information content (AvgIpc) is 3.02. The van der Waals surface area contributed by atoms with Gasteiger partial charge in [-0.15, -0.1) is 0 Å². The molecule has 1 aliphatic heterocycles. The monoisotopic (exact) mass is 455 g/mol. The predicted molar refractivity (Wildman–Crippen MR) is 114 cm³/mol. The van der Waals surface area contributed by atoms with Crippen LogP contribution >= 0.6 is 0 Å². The smallest absolute Gasteiger partial charge is 0.329 e. The van der Waals surface area contributed by atoms with Gasteiger partial charge >= 0.3 is 11.7 Å². The summed E-state index contributed by atoms with van der Waals surface area (Å²) in [5.74, 6) is -2.52. The minimum absolute atomic E-state index is 0.424. The lowest BCUT2D eigenvalue weighted by atomic mass is 10.1. The molecular formula is C20H17N5O8. The van der Waals surface area contributed by atoms with Crippen LogP contribution in [0.15, 0.2) is 42.1 Å². The van der Waals surface area contributed by atoms with Crippen LogP contribution in [0.25, 0.3) is 6.08 Å². The first kappa shape index (κ1) is 22.9. The fraction of sp³-hybridized carbons (Fsp3) is 0.150. The fourth-order valence-corrected chi connectivity index (χ4v) is 3.13. The summed E-state index contributed by atoms with van der Waals surface area (Å²) < 4.78 is 0. The van der Waals surface area contributed by atoms with E-state index < -0.39 is 62.6 Å². The van der Waals surface area contributed by atoms with Crippen LogP contribution in [0.1, 0.15) is 18.1 Å². The number of phenols is 1. The minimum Gasteiger partial charge on any atom is -0.502 e. The number of anilines is 1. The Morgan fingerprint density at radius 1 is 1.18 bits per heavy atom. The van der Waals surface area contributed by atoms with Gasteiger partial charge in [0.2, 0.25) is 11.7 Å². The van der Waals surface area contributed by atoms with E-state index in [4.69, 9.17) is 0 Å². The van der Waals surface area contributed by atoms with Crippen molar-refractivity contribution in [3.63, 3.8) is 0 Å². The lowest BCUT2D eigenvalue weighted by molar-refractivity contribution is -0.394. The molecule has 3 N–H and O–H groups in total. The SMILES string of the molecule is CCc1ccccc1NC(=O)CN1C(=O)N/C(=C/c2cc([N+](=O)[O-])cc([N+](=O)[O-])c2O)C1=O. The predicted octanol–water partition coefficient (Wildman–Crippen LogP) is 2.30. The molecule has 0 aromatic heterocycles. The van der Waals surface area contributed by atoms with E-state index in [-0.39, 0.29) is 0 Å². The summed E-state index contributed by atoms with van der Waals surface area (Å²) in [6, 6.07) is 7.44. The lowest BCUT2D eigenvalue weighted by Crippen LogP contribution is -2.38. The number of rotatable bonds is 7. The molecule has 0 bridgehead atoms. The Labute approximate surface area is 185 Å². The zero-order valence-electron chi connectivity index (χ0n) is 17.1. The van der Waals surface area contributed by atoms with Crippen LogP contribution in [-0.4, -0.2) is 44.2 Å². The third kappa shape index (κ3) is 4.76. The molecule has 4 amide bonds. The lowest BCUT2D eigenvalue weighted by Gasteiger charge is -2.13. The van der Waals surface area contributed by atoms with E-state index >= 15 is 0 Å². The molecule has 0 aliphatic carbocycles. The number of para-hydroxylation sites is 1. The van der Waals surface area contributed by atoms with E-state index in [1.54, 1.807) is 18.2 Å². The molecule has 1 aliphatic rings. The average molecular weight is 455 g/mol. The van der Waals surface area contributed by atoms with Crippen molar-refractivity contribution < 1.29 is 29.3 Å². The van der Waals surface area contributed by atoms with Gasteiger partial charge < -0.3 is 15.7 Å². The number of amides is 4. The number of nitro benzene ring substituents is 2. The van der Waals surface area contributed by atoms with Crippen LogP contribution in [0.4, 0.5) is 21.9 Å². The van der Waals surface area contributed by atoms with E-state index in [9.17, 15) is 39.7 Å². The maximum atomic E-state index is 12.6. The van der Waals surface area contributed by atoms with E-state index in [1.807, 2.05) is 13.0 Å². The highest BCUT2D eigenvalue weighted by molar-refractivity contribution is 6.16. The number of hydrogen-bond donors (Lipinski definition) is 3. The number of aromatic hydroxyl groups is 1. The standard InChI is InChI=1S/C20H17N5O8/c1-2-11-5-3-4-6-14(11)21-17(26)10-23-19(28)15(22-20(23)29)8-12-7-13(24(30)31)9-16(18(12)27)25(32)33/h3-9,27H,2,10H2,1H3,(H,21,26)(H,22,29)/b15-8+. The van der Waals surface area contributed by atoms with Crippen LogP contribution in [0.5, 0.6) is 5.75 Å². The maximum absolute atomic E-state index is 12.6. The van der Waals surface area contributed by atoms with Crippen molar-refractivity contribution in [3.8, 4) is 5.75 Å². The van der Waals surface area contributed by atoms with Gasteiger partial charge in [-0.25, -0.2) is 9.69 Å². The van der Waals surface area contributed by atoms with Gasteiger partial charge in [0.25, 0.3) is 11.6 Å².